The van der Waals surface area contributed by atoms with E-state index in [1.807, 2.05) is 44.2 Å². The molecule has 0 aromatic heterocycles. The van der Waals surface area contributed by atoms with Crippen molar-refractivity contribution in [1.82, 2.24) is 20.9 Å². The molecule has 2 aromatic rings. The van der Waals surface area contributed by atoms with E-state index in [4.69, 9.17) is 4.74 Å². The number of likely N-dealkylation sites (N-methyl/N-ethyl adjacent to an activating group) is 1. The molecular formula is C30H38N4O7. The highest BCUT2D eigenvalue weighted by molar-refractivity contribution is 6.00. The van der Waals surface area contributed by atoms with E-state index in [9.17, 15) is 29.1 Å². The Morgan fingerprint density at radius 1 is 1.00 bits per heavy atom. The van der Waals surface area contributed by atoms with Gasteiger partial charge in [-0.25, -0.2) is 4.79 Å². The summed E-state index contributed by atoms with van der Waals surface area (Å²) in [4.78, 5) is 66.3. The van der Waals surface area contributed by atoms with Crippen LogP contribution in [0.1, 0.15) is 49.0 Å². The van der Waals surface area contributed by atoms with Crippen molar-refractivity contribution in [2.75, 3.05) is 20.2 Å². The lowest BCUT2D eigenvalue weighted by Gasteiger charge is -2.31. The summed E-state index contributed by atoms with van der Waals surface area (Å²) in [7, 11) is 1.42. The zero-order valence-corrected chi connectivity index (χ0v) is 23.6. The van der Waals surface area contributed by atoms with Gasteiger partial charge in [0.05, 0.1) is 18.6 Å². The number of fused-ring (bicyclic) bond motifs is 1. The van der Waals surface area contributed by atoms with Gasteiger partial charge in [-0.3, -0.25) is 19.2 Å². The minimum absolute atomic E-state index is 0.00623. The first kappa shape index (κ1) is 31.1. The SMILES string of the molecule is CC(C)C[C@H]1C(=O)NC(Cc2ccccc2)C(=O)NCCCOc2ccccc2C(=O)N[C@H](C(=O)O)CC(=O)N1C. The third kappa shape index (κ3) is 9.06. The van der Waals surface area contributed by atoms with Crippen molar-refractivity contribution < 1.29 is 33.8 Å². The Hall–Kier alpha value is -4.41. The quantitative estimate of drug-likeness (QED) is 0.430. The predicted molar refractivity (Wildman–Crippen MR) is 151 cm³/mol. The van der Waals surface area contributed by atoms with Crippen molar-refractivity contribution >= 4 is 29.6 Å². The molecule has 11 nitrogen and oxygen atoms in total. The number of nitrogens with one attached hydrogen (secondary N) is 3. The molecule has 0 spiro atoms. The summed E-state index contributed by atoms with van der Waals surface area (Å²) in [5, 5.41) is 17.9. The highest BCUT2D eigenvalue weighted by Gasteiger charge is 2.34. The molecule has 1 aliphatic rings. The summed E-state index contributed by atoms with van der Waals surface area (Å²) in [6.07, 6.45) is 0.360. The number of aliphatic carboxylic acids is 1. The van der Waals surface area contributed by atoms with Crippen molar-refractivity contribution in [2.45, 2.75) is 57.7 Å². The molecule has 41 heavy (non-hydrogen) atoms. The number of carboxylic acids is 1. The van der Waals surface area contributed by atoms with Gasteiger partial charge in [0.2, 0.25) is 17.7 Å². The van der Waals surface area contributed by atoms with Gasteiger partial charge in [-0.15, -0.1) is 0 Å². The number of amides is 4. The fraction of sp³-hybridized carbons (Fsp3) is 0.433. The number of rotatable bonds is 5. The average Bonchev–Trinajstić information content (AvgIpc) is 2.94. The molecule has 0 bridgehead atoms. The van der Waals surface area contributed by atoms with Gasteiger partial charge in [0.1, 0.15) is 23.9 Å². The average molecular weight is 567 g/mol. The molecule has 2 aromatic carbocycles. The van der Waals surface area contributed by atoms with Crippen molar-refractivity contribution in [1.29, 1.82) is 0 Å². The molecule has 0 aliphatic carbocycles. The van der Waals surface area contributed by atoms with Crippen LogP contribution in [-0.4, -0.2) is 77.9 Å². The van der Waals surface area contributed by atoms with Gasteiger partial charge in [0.25, 0.3) is 5.91 Å². The predicted octanol–water partition coefficient (Wildman–Crippen LogP) is 1.76. The molecule has 1 unspecified atom stereocenters. The zero-order valence-electron chi connectivity index (χ0n) is 23.6. The second-order valence-electron chi connectivity index (χ2n) is 10.5. The zero-order chi connectivity index (χ0) is 29.9. The molecule has 1 aliphatic heterocycles. The number of benzene rings is 2. The van der Waals surface area contributed by atoms with E-state index in [0.717, 1.165) is 5.56 Å². The molecule has 3 rings (SSSR count). The van der Waals surface area contributed by atoms with Crippen LogP contribution in [0.15, 0.2) is 54.6 Å². The Bertz CT molecular complexity index is 1230. The first-order valence-corrected chi connectivity index (χ1v) is 13.7. The van der Waals surface area contributed by atoms with Gasteiger partial charge in [0, 0.05) is 20.0 Å². The van der Waals surface area contributed by atoms with Crippen LogP contribution in [0, 0.1) is 5.92 Å². The Morgan fingerprint density at radius 3 is 2.37 bits per heavy atom. The van der Waals surface area contributed by atoms with Gasteiger partial charge in [-0.05, 0) is 36.5 Å². The highest BCUT2D eigenvalue weighted by atomic mass is 16.5. The minimum Gasteiger partial charge on any atom is -0.493 e. The fourth-order valence-electron chi connectivity index (χ4n) is 4.51. The van der Waals surface area contributed by atoms with Crippen LogP contribution >= 0.6 is 0 Å². The van der Waals surface area contributed by atoms with E-state index in [2.05, 4.69) is 16.0 Å². The van der Waals surface area contributed by atoms with Crippen molar-refractivity contribution in [3.63, 3.8) is 0 Å². The third-order valence-electron chi connectivity index (χ3n) is 6.77. The number of ether oxygens (including phenoxy) is 1. The Labute approximate surface area is 239 Å². The molecule has 4 amide bonds. The normalized spacial score (nSPS) is 21.5. The van der Waals surface area contributed by atoms with Crippen LogP contribution in [-0.2, 0) is 25.6 Å². The lowest BCUT2D eigenvalue weighted by molar-refractivity contribution is -0.145. The minimum atomic E-state index is -1.54. The number of carboxylic acid groups (broad SMARTS) is 1. The number of nitrogens with zero attached hydrogens (tertiary/aromatic N) is 1. The summed E-state index contributed by atoms with van der Waals surface area (Å²) in [5.74, 6) is -3.40. The number of carbonyl (C=O) groups is 5. The fourth-order valence-corrected chi connectivity index (χ4v) is 4.51. The lowest BCUT2D eigenvalue weighted by atomic mass is 9.99. The van der Waals surface area contributed by atoms with E-state index in [0.29, 0.717) is 6.42 Å². The Balaban J connectivity index is 1.94. The number of para-hydroxylation sites is 1. The number of hydrogen-bond donors (Lipinski definition) is 4. The molecular weight excluding hydrogens is 528 g/mol. The number of hydrogen-bond acceptors (Lipinski definition) is 6. The van der Waals surface area contributed by atoms with Crippen molar-refractivity contribution in [3.8, 4) is 5.75 Å². The molecule has 220 valence electrons. The third-order valence-corrected chi connectivity index (χ3v) is 6.77. The van der Waals surface area contributed by atoms with Crippen LogP contribution in [0.25, 0.3) is 0 Å². The van der Waals surface area contributed by atoms with E-state index in [1.165, 1.54) is 18.0 Å². The lowest BCUT2D eigenvalue weighted by Crippen LogP contribution is -2.56. The van der Waals surface area contributed by atoms with Crippen LogP contribution in [0.2, 0.25) is 0 Å². The molecule has 11 heteroatoms. The molecule has 0 saturated carbocycles. The first-order chi connectivity index (χ1) is 19.6. The van der Waals surface area contributed by atoms with Gasteiger partial charge >= 0.3 is 5.97 Å². The second-order valence-corrected chi connectivity index (χ2v) is 10.5. The van der Waals surface area contributed by atoms with Gasteiger partial charge < -0.3 is 30.7 Å². The molecule has 1 heterocycles. The summed E-state index contributed by atoms with van der Waals surface area (Å²) >= 11 is 0. The van der Waals surface area contributed by atoms with E-state index < -0.39 is 48.2 Å². The Kier molecular flexibility index (Phi) is 11.3. The van der Waals surface area contributed by atoms with Gasteiger partial charge in [-0.2, -0.15) is 0 Å². The maximum atomic E-state index is 13.6. The maximum absolute atomic E-state index is 13.6. The van der Waals surface area contributed by atoms with Crippen LogP contribution in [0.4, 0.5) is 0 Å². The van der Waals surface area contributed by atoms with Crippen molar-refractivity contribution in [3.05, 3.63) is 65.7 Å². The van der Waals surface area contributed by atoms with E-state index in [-0.39, 0.29) is 49.1 Å². The first-order valence-electron chi connectivity index (χ1n) is 13.7. The van der Waals surface area contributed by atoms with Crippen molar-refractivity contribution in [2.24, 2.45) is 5.92 Å². The van der Waals surface area contributed by atoms with Crippen LogP contribution < -0.4 is 20.7 Å². The maximum Gasteiger partial charge on any atom is 0.326 e. The molecule has 3 atom stereocenters. The summed E-state index contributed by atoms with van der Waals surface area (Å²) in [6.45, 7) is 4.21. The van der Waals surface area contributed by atoms with Gasteiger partial charge in [-0.1, -0.05) is 56.3 Å². The molecule has 0 radical (unpaired) electrons. The topological polar surface area (TPSA) is 154 Å². The summed E-state index contributed by atoms with van der Waals surface area (Å²) in [5.41, 5.74) is 0.963. The summed E-state index contributed by atoms with van der Waals surface area (Å²) < 4.78 is 5.76. The highest BCUT2D eigenvalue weighted by Crippen LogP contribution is 2.19. The van der Waals surface area contributed by atoms with Crippen LogP contribution in [0.5, 0.6) is 5.75 Å². The largest absolute Gasteiger partial charge is 0.493 e. The van der Waals surface area contributed by atoms with Crippen LogP contribution in [0.3, 0.4) is 0 Å². The smallest absolute Gasteiger partial charge is 0.326 e. The number of carbonyl (C=O) groups excluding carboxylic acids is 4. The molecule has 0 fully saturated rings. The Morgan fingerprint density at radius 2 is 1.68 bits per heavy atom. The molecule has 4 N–H and O–H groups in total. The van der Waals surface area contributed by atoms with E-state index >= 15 is 0 Å². The second kappa shape index (κ2) is 14.8. The van der Waals surface area contributed by atoms with Gasteiger partial charge in [0.15, 0.2) is 0 Å². The standard InChI is InChI=1S/C30H38N4O7/c1-19(2)16-24-29(38)32-22(17-20-10-5-4-6-11-20)28(37)31-14-9-15-41-25-13-8-7-12-21(25)27(36)33-23(30(39)40)18-26(35)34(24)3/h4-8,10-13,19,22-24H,9,14-18H2,1-3H3,(H,31,37)(H,32,38)(H,33,36)(H,39,40)/t22?,23-,24-/m0/s1. The molecule has 0 saturated heterocycles. The van der Waals surface area contributed by atoms with E-state index in [1.54, 1.807) is 18.2 Å². The summed E-state index contributed by atoms with van der Waals surface area (Å²) in [6, 6.07) is 12.2. The monoisotopic (exact) mass is 566 g/mol.